The van der Waals surface area contributed by atoms with Gasteiger partial charge in [-0.2, -0.15) is 0 Å². The number of aromatic nitrogens is 3. The SMILES string of the molecule is Cc1nc(N[C@H](C)c2cccc(C(F)F)c2F)c2cc(C3(O)CCCCC3)c(=O)n(C)c2n1. The molecule has 1 aromatic carbocycles. The first-order valence-electron chi connectivity index (χ1n) is 11.1. The fourth-order valence-corrected chi connectivity index (χ4v) is 4.64. The van der Waals surface area contributed by atoms with Crippen LogP contribution in [0.5, 0.6) is 0 Å². The van der Waals surface area contributed by atoms with E-state index in [4.69, 9.17) is 0 Å². The summed E-state index contributed by atoms with van der Waals surface area (Å²) in [6.07, 6.45) is 0.712. The number of alkyl halides is 2. The number of pyridine rings is 1. The summed E-state index contributed by atoms with van der Waals surface area (Å²) in [7, 11) is 1.59. The number of aryl methyl sites for hydroxylation is 2. The van der Waals surface area contributed by atoms with Crippen molar-refractivity contribution in [2.45, 2.75) is 64.0 Å². The van der Waals surface area contributed by atoms with Gasteiger partial charge in [-0.25, -0.2) is 23.1 Å². The Labute approximate surface area is 189 Å². The van der Waals surface area contributed by atoms with Gasteiger partial charge in [0.1, 0.15) is 23.1 Å². The zero-order valence-electron chi connectivity index (χ0n) is 18.8. The normalized spacial score (nSPS) is 16.8. The summed E-state index contributed by atoms with van der Waals surface area (Å²) in [6.45, 7) is 3.31. The van der Waals surface area contributed by atoms with Gasteiger partial charge in [-0.3, -0.25) is 9.36 Å². The van der Waals surface area contributed by atoms with Crippen LogP contribution in [0.25, 0.3) is 11.0 Å². The number of anilines is 1. The molecule has 0 aliphatic heterocycles. The second kappa shape index (κ2) is 8.78. The molecule has 0 spiro atoms. The molecule has 4 rings (SSSR count). The Hall–Kier alpha value is -2.94. The maximum absolute atomic E-state index is 14.7. The van der Waals surface area contributed by atoms with Crippen LogP contribution in [0.2, 0.25) is 0 Å². The summed E-state index contributed by atoms with van der Waals surface area (Å²) in [5.41, 5.74) is -1.48. The van der Waals surface area contributed by atoms with Crippen LogP contribution in [0.3, 0.4) is 0 Å². The van der Waals surface area contributed by atoms with Crippen LogP contribution in [0.15, 0.2) is 29.1 Å². The van der Waals surface area contributed by atoms with Gasteiger partial charge in [-0.15, -0.1) is 0 Å². The molecular formula is C24H27F3N4O2. The first kappa shape index (κ1) is 23.2. The molecule has 2 heterocycles. The first-order valence-corrected chi connectivity index (χ1v) is 11.1. The van der Waals surface area contributed by atoms with Gasteiger partial charge in [0.25, 0.3) is 12.0 Å². The van der Waals surface area contributed by atoms with Gasteiger partial charge in [0.2, 0.25) is 0 Å². The predicted octanol–water partition coefficient (Wildman–Crippen LogP) is 5.04. The van der Waals surface area contributed by atoms with Crippen molar-refractivity contribution in [1.82, 2.24) is 14.5 Å². The number of benzene rings is 1. The quantitative estimate of drug-likeness (QED) is 0.558. The Morgan fingerprint density at radius 3 is 2.48 bits per heavy atom. The second-order valence-electron chi connectivity index (χ2n) is 8.79. The smallest absolute Gasteiger partial charge is 0.266 e. The molecule has 1 atom stereocenters. The van der Waals surface area contributed by atoms with Crippen molar-refractivity contribution < 1.29 is 18.3 Å². The van der Waals surface area contributed by atoms with Crippen LogP contribution >= 0.6 is 0 Å². The molecule has 0 bridgehead atoms. The van der Waals surface area contributed by atoms with Gasteiger partial charge >= 0.3 is 0 Å². The molecule has 0 saturated heterocycles. The highest BCUT2D eigenvalue weighted by Crippen LogP contribution is 2.37. The molecule has 3 aromatic rings. The average Bonchev–Trinajstić information content (AvgIpc) is 2.76. The molecule has 1 saturated carbocycles. The number of aliphatic hydroxyl groups is 1. The number of nitrogens with one attached hydrogen (secondary N) is 1. The van der Waals surface area contributed by atoms with E-state index in [2.05, 4.69) is 15.3 Å². The Morgan fingerprint density at radius 2 is 1.82 bits per heavy atom. The third-order valence-corrected chi connectivity index (χ3v) is 6.47. The topological polar surface area (TPSA) is 80.0 Å². The van der Waals surface area contributed by atoms with Gasteiger partial charge < -0.3 is 10.4 Å². The lowest BCUT2D eigenvalue weighted by Gasteiger charge is -2.32. The van der Waals surface area contributed by atoms with Crippen molar-refractivity contribution in [1.29, 1.82) is 0 Å². The Balaban J connectivity index is 1.83. The molecule has 2 N–H and O–H groups in total. The molecule has 2 aromatic heterocycles. The van der Waals surface area contributed by atoms with Gasteiger partial charge in [0, 0.05) is 18.2 Å². The first-order chi connectivity index (χ1) is 15.6. The lowest BCUT2D eigenvalue weighted by atomic mass is 9.80. The van der Waals surface area contributed by atoms with E-state index in [0.717, 1.165) is 25.3 Å². The zero-order valence-corrected chi connectivity index (χ0v) is 18.8. The number of hydrogen-bond acceptors (Lipinski definition) is 5. The fourth-order valence-electron chi connectivity index (χ4n) is 4.64. The highest BCUT2D eigenvalue weighted by atomic mass is 19.3. The molecule has 1 aliphatic rings. The summed E-state index contributed by atoms with van der Waals surface area (Å²) in [6, 6.07) is 4.82. The van der Waals surface area contributed by atoms with E-state index in [9.17, 15) is 23.1 Å². The fraction of sp³-hybridized carbons (Fsp3) is 0.458. The molecule has 0 amide bonds. The third-order valence-electron chi connectivity index (χ3n) is 6.47. The van der Waals surface area contributed by atoms with Crippen LogP contribution in [0, 0.1) is 12.7 Å². The van der Waals surface area contributed by atoms with Crippen molar-refractivity contribution in [3.63, 3.8) is 0 Å². The van der Waals surface area contributed by atoms with E-state index < -0.39 is 29.4 Å². The molecule has 6 nitrogen and oxygen atoms in total. The number of rotatable bonds is 5. The molecule has 0 radical (unpaired) electrons. The highest BCUT2D eigenvalue weighted by molar-refractivity contribution is 5.87. The number of hydrogen-bond donors (Lipinski definition) is 2. The van der Waals surface area contributed by atoms with Gasteiger partial charge in [0.15, 0.2) is 0 Å². The minimum atomic E-state index is -2.92. The second-order valence-corrected chi connectivity index (χ2v) is 8.79. The Morgan fingerprint density at radius 1 is 1.15 bits per heavy atom. The van der Waals surface area contributed by atoms with E-state index >= 15 is 0 Å². The van der Waals surface area contributed by atoms with Crippen LogP contribution in [-0.2, 0) is 12.6 Å². The zero-order chi connectivity index (χ0) is 23.9. The lowest BCUT2D eigenvalue weighted by molar-refractivity contribution is -0.00205. The highest BCUT2D eigenvalue weighted by Gasteiger charge is 2.35. The van der Waals surface area contributed by atoms with Crippen molar-refractivity contribution >= 4 is 16.9 Å². The molecule has 1 aliphatic carbocycles. The average molecular weight is 461 g/mol. The van der Waals surface area contributed by atoms with Crippen LogP contribution < -0.4 is 10.9 Å². The lowest BCUT2D eigenvalue weighted by Crippen LogP contribution is -2.37. The summed E-state index contributed by atoms with van der Waals surface area (Å²) >= 11 is 0. The Kier molecular flexibility index (Phi) is 6.18. The van der Waals surface area contributed by atoms with Crippen LogP contribution in [0.1, 0.15) is 74.0 Å². The number of halogens is 3. The maximum atomic E-state index is 14.7. The maximum Gasteiger partial charge on any atom is 0.266 e. The predicted molar refractivity (Wildman–Crippen MR) is 120 cm³/mol. The van der Waals surface area contributed by atoms with E-state index in [1.165, 1.54) is 16.7 Å². The molecule has 1 fully saturated rings. The van der Waals surface area contributed by atoms with Gasteiger partial charge in [-0.1, -0.05) is 37.5 Å². The monoisotopic (exact) mass is 460 g/mol. The largest absolute Gasteiger partial charge is 0.385 e. The summed E-state index contributed by atoms with van der Waals surface area (Å²) in [4.78, 5) is 21.9. The molecule has 33 heavy (non-hydrogen) atoms. The van der Waals surface area contributed by atoms with E-state index in [-0.39, 0.29) is 16.7 Å². The summed E-state index contributed by atoms with van der Waals surface area (Å²) < 4.78 is 42.4. The van der Waals surface area contributed by atoms with Crippen molar-refractivity contribution in [2.24, 2.45) is 7.05 Å². The van der Waals surface area contributed by atoms with Crippen LogP contribution in [-0.4, -0.2) is 19.6 Å². The van der Waals surface area contributed by atoms with Crippen LogP contribution in [0.4, 0.5) is 19.0 Å². The minimum absolute atomic E-state index is 0.0770. The van der Waals surface area contributed by atoms with Gasteiger partial charge in [0.05, 0.1) is 22.6 Å². The summed E-state index contributed by atoms with van der Waals surface area (Å²) in [5, 5.41) is 14.8. The Bertz CT molecular complexity index is 1250. The van der Waals surface area contributed by atoms with E-state index in [1.54, 1.807) is 27.0 Å². The molecular weight excluding hydrogens is 433 g/mol. The number of nitrogens with zero attached hydrogens (tertiary/aromatic N) is 3. The molecule has 176 valence electrons. The molecule has 0 unspecified atom stereocenters. The third kappa shape index (κ3) is 4.21. The summed E-state index contributed by atoms with van der Waals surface area (Å²) in [5.74, 6) is -0.242. The van der Waals surface area contributed by atoms with Crippen molar-refractivity contribution in [2.75, 3.05) is 5.32 Å². The van der Waals surface area contributed by atoms with Crippen molar-refractivity contribution in [3.8, 4) is 0 Å². The molecule has 9 heteroatoms. The van der Waals surface area contributed by atoms with Gasteiger partial charge in [-0.05, 0) is 32.8 Å². The van der Waals surface area contributed by atoms with Crippen molar-refractivity contribution in [3.05, 3.63) is 63.0 Å². The standard InChI is InChI=1S/C24H27F3N4O2/c1-13(15-8-7-9-16(19(15)25)20(26)27)28-21-17-12-18(24(33)10-5-4-6-11-24)23(32)31(3)22(17)30-14(2)29-21/h7-9,12-13,20,33H,4-6,10-11H2,1-3H3,(H,28,29,30)/t13-/m1/s1. The van der Waals surface area contributed by atoms with E-state index in [1.807, 2.05) is 0 Å². The minimum Gasteiger partial charge on any atom is -0.385 e. The number of fused-ring (bicyclic) bond motifs is 1. The van der Waals surface area contributed by atoms with E-state index in [0.29, 0.717) is 35.5 Å².